The number of para-hydroxylation sites is 2. The van der Waals surface area contributed by atoms with E-state index in [2.05, 4.69) is 10.6 Å². The maximum atomic E-state index is 13.6. The number of aliphatic hydroxyl groups excluding tert-OH is 1. The molecule has 3 N–H and O–H groups in total. The minimum Gasteiger partial charge on any atom is -0.486 e. The van der Waals surface area contributed by atoms with Gasteiger partial charge in [0.25, 0.3) is 5.91 Å². The predicted molar refractivity (Wildman–Crippen MR) is 153 cm³/mol. The molecule has 212 valence electrons. The summed E-state index contributed by atoms with van der Waals surface area (Å²) in [7, 11) is -2.34. The highest BCUT2D eigenvalue weighted by Gasteiger charge is 2.36. The Bertz CT molecular complexity index is 1440. The molecular formula is C29H34N4O6S. The van der Waals surface area contributed by atoms with E-state index in [9.17, 15) is 23.1 Å². The van der Waals surface area contributed by atoms with Crippen LogP contribution in [0.3, 0.4) is 0 Å². The van der Waals surface area contributed by atoms with Crippen LogP contribution in [0.5, 0.6) is 5.75 Å². The monoisotopic (exact) mass is 566 g/mol. The fraction of sp³-hybridized carbons (Fsp3) is 0.310. The second-order valence-corrected chi connectivity index (χ2v) is 11.9. The molecule has 0 saturated carbocycles. The Morgan fingerprint density at radius 1 is 1.05 bits per heavy atom. The van der Waals surface area contributed by atoms with Gasteiger partial charge in [0.05, 0.1) is 35.3 Å². The zero-order valence-electron chi connectivity index (χ0n) is 22.7. The number of carbonyl (C=O) groups is 2. The lowest BCUT2D eigenvalue weighted by Gasteiger charge is -2.38. The number of aliphatic hydroxyl groups is 1. The van der Waals surface area contributed by atoms with Gasteiger partial charge in [-0.15, -0.1) is 0 Å². The van der Waals surface area contributed by atoms with Crippen molar-refractivity contribution in [3.8, 4) is 5.75 Å². The molecule has 1 heterocycles. The molecule has 1 aliphatic heterocycles. The second-order valence-electron chi connectivity index (χ2n) is 9.85. The molecule has 0 aliphatic carbocycles. The molecule has 10 nitrogen and oxygen atoms in total. The number of ether oxygens (including phenoxy) is 1. The van der Waals surface area contributed by atoms with E-state index in [1.165, 1.54) is 23.5 Å². The van der Waals surface area contributed by atoms with Crippen molar-refractivity contribution in [2.45, 2.75) is 30.9 Å². The Labute approximate surface area is 234 Å². The molecule has 11 heteroatoms. The third-order valence-corrected chi connectivity index (χ3v) is 8.70. The zero-order chi connectivity index (χ0) is 28.9. The average molecular weight is 567 g/mol. The van der Waals surface area contributed by atoms with Gasteiger partial charge in [-0.2, -0.15) is 4.31 Å². The number of amides is 3. The maximum Gasteiger partial charge on any atom is 0.323 e. The van der Waals surface area contributed by atoms with Gasteiger partial charge in [0.15, 0.2) is 5.75 Å². The van der Waals surface area contributed by atoms with E-state index in [4.69, 9.17) is 4.74 Å². The number of fused-ring (bicyclic) bond motifs is 1. The maximum absolute atomic E-state index is 13.6. The van der Waals surface area contributed by atoms with Gasteiger partial charge in [0.2, 0.25) is 10.0 Å². The Morgan fingerprint density at radius 2 is 1.70 bits per heavy atom. The standard InChI is InChI=1S/C29H34N4O6S/c1-20-17-33(21(2)19-34)28(35)24-15-10-16-25(31-29(36)30-22-11-6-4-7-12-22)27(24)39-26(20)18-32(3)40(37,38)23-13-8-5-9-14-23/h4-16,20-21,26,34H,17-19H2,1-3H3,(H2,30,31,36)/t20-,21-,26+/m1/s1. The van der Waals surface area contributed by atoms with Gasteiger partial charge in [-0.05, 0) is 43.3 Å². The van der Waals surface area contributed by atoms with Crippen LogP contribution in [0.25, 0.3) is 0 Å². The first-order valence-corrected chi connectivity index (χ1v) is 14.4. The van der Waals surface area contributed by atoms with Crippen LogP contribution in [0, 0.1) is 5.92 Å². The summed E-state index contributed by atoms with van der Waals surface area (Å²) in [4.78, 5) is 28.2. The number of urea groups is 1. The molecule has 40 heavy (non-hydrogen) atoms. The summed E-state index contributed by atoms with van der Waals surface area (Å²) in [5, 5.41) is 15.4. The molecule has 0 aromatic heterocycles. The van der Waals surface area contributed by atoms with Crippen molar-refractivity contribution in [2.75, 3.05) is 37.4 Å². The first-order valence-electron chi connectivity index (χ1n) is 13.0. The molecule has 0 saturated heterocycles. The summed E-state index contributed by atoms with van der Waals surface area (Å²) in [5.74, 6) is -0.558. The van der Waals surface area contributed by atoms with Gasteiger partial charge in [-0.3, -0.25) is 4.79 Å². The summed E-state index contributed by atoms with van der Waals surface area (Å²) in [6, 6.07) is 20.8. The minimum atomic E-state index is -3.82. The van der Waals surface area contributed by atoms with E-state index in [0.717, 1.165) is 0 Å². The van der Waals surface area contributed by atoms with E-state index in [1.807, 2.05) is 13.0 Å². The summed E-state index contributed by atoms with van der Waals surface area (Å²) < 4.78 is 34.2. The van der Waals surface area contributed by atoms with E-state index >= 15 is 0 Å². The molecular weight excluding hydrogens is 532 g/mol. The van der Waals surface area contributed by atoms with Crippen molar-refractivity contribution < 1.29 is 27.9 Å². The molecule has 3 amide bonds. The smallest absolute Gasteiger partial charge is 0.323 e. The third-order valence-electron chi connectivity index (χ3n) is 6.86. The lowest BCUT2D eigenvalue weighted by Crippen LogP contribution is -2.50. The van der Waals surface area contributed by atoms with Crippen molar-refractivity contribution in [1.82, 2.24) is 9.21 Å². The molecule has 0 fully saturated rings. The van der Waals surface area contributed by atoms with Gasteiger partial charge >= 0.3 is 6.03 Å². The average Bonchev–Trinajstić information content (AvgIpc) is 2.95. The number of hydrogen-bond donors (Lipinski definition) is 3. The molecule has 0 bridgehead atoms. The zero-order valence-corrected chi connectivity index (χ0v) is 23.5. The number of nitrogens with zero attached hydrogens (tertiary/aromatic N) is 2. The molecule has 3 atom stereocenters. The predicted octanol–water partition coefficient (Wildman–Crippen LogP) is 3.87. The van der Waals surface area contributed by atoms with Crippen molar-refractivity contribution in [2.24, 2.45) is 5.92 Å². The molecule has 3 aromatic rings. The minimum absolute atomic E-state index is 0.0160. The highest BCUT2D eigenvalue weighted by molar-refractivity contribution is 7.89. The Kier molecular flexibility index (Phi) is 9.08. The Balaban J connectivity index is 1.69. The fourth-order valence-electron chi connectivity index (χ4n) is 4.49. The fourth-order valence-corrected chi connectivity index (χ4v) is 5.69. The van der Waals surface area contributed by atoms with Gasteiger partial charge in [-0.1, -0.05) is 49.4 Å². The van der Waals surface area contributed by atoms with E-state index in [-0.39, 0.29) is 53.4 Å². The number of carbonyl (C=O) groups excluding carboxylic acids is 2. The number of likely N-dealkylation sites (N-methyl/N-ethyl adjacent to an activating group) is 1. The van der Waals surface area contributed by atoms with Gasteiger partial charge in [-0.25, -0.2) is 13.2 Å². The molecule has 0 radical (unpaired) electrons. The summed E-state index contributed by atoms with van der Waals surface area (Å²) >= 11 is 0. The van der Waals surface area contributed by atoms with Crippen molar-refractivity contribution >= 4 is 33.3 Å². The Hall–Kier alpha value is -3.93. The van der Waals surface area contributed by atoms with E-state index < -0.39 is 28.2 Å². The summed E-state index contributed by atoms with van der Waals surface area (Å²) in [6.07, 6.45) is -0.691. The molecule has 1 aliphatic rings. The van der Waals surface area contributed by atoms with Gasteiger partial charge in [0.1, 0.15) is 6.10 Å². The van der Waals surface area contributed by atoms with Crippen LogP contribution >= 0.6 is 0 Å². The number of anilines is 2. The van der Waals surface area contributed by atoms with E-state index in [1.54, 1.807) is 72.5 Å². The van der Waals surface area contributed by atoms with E-state index in [0.29, 0.717) is 5.69 Å². The summed E-state index contributed by atoms with van der Waals surface area (Å²) in [5.41, 5.74) is 1.03. The number of hydrogen-bond acceptors (Lipinski definition) is 6. The van der Waals surface area contributed by atoms with Crippen LogP contribution < -0.4 is 15.4 Å². The first kappa shape index (κ1) is 29.1. The number of rotatable bonds is 8. The first-order chi connectivity index (χ1) is 19.1. The summed E-state index contributed by atoms with van der Waals surface area (Å²) in [6.45, 7) is 3.57. The lowest BCUT2D eigenvalue weighted by atomic mass is 9.99. The van der Waals surface area contributed by atoms with Crippen LogP contribution in [-0.2, 0) is 10.0 Å². The third kappa shape index (κ3) is 6.44. The highest BCUT2D eigenvalue weighted by atomic mass is 32.2. The van der Waals surface area contributed by atoms with Crippen LogP contribution in [-0.4, -0.2) is 73.6 Å². The lowest BCUT2D eigenvalue weighted by molar-refractivity contribution is 0.0389. The van der Waals surface area contributed by atoms with Crippen LogP contribution in [0.4, 0.5) is 16.2 Å². The largest absolute Gasteiger partial charge is 0.486 e. The van der Waals surface area contributed by atoms with Crippen molar-refractivity contribution in [3.05, 3.63) is 84.4 Å². The number of nitrogens with one attached hydrogen (secondary N) is 2. The molecule has 4 rings (SSSR count). The van der Waals surface area contributed by atoms with Crippen LogP contribution in [0.1, 0.15) is 24.2 Å². The van der Waals surface area contributed by atoms with Gasteiger partial charge in [0, 0.05) is 25.2 Å². The Morgan fingerprint density at radius 3 is 2.35 bits per heavy atom. The molecule has 0 unspecified atom stereocenters. The van der Waals surface area contributed by atoms with Crippen LogP contribution in [0.2, 0.25) is 0 Å². The molecule has 0 spiro atoms. The van der Waals surface area contributed by atoms with Crippen LogP contribution in [0.15, 0.2) is 83.8 Å². The molecule has 3 aromatic carbocycles. The number of sulfonamides is 1. The van der Waals surface area contributed by atoms with Gasteiger partial charge < -0.3 is 25.4 Å². The normalized spacial score (nSPS) is 18.2. The second kappa shape index (κ2) is 12.5. The SMILES string of the molecule is C[C@@H]1CN([C@H](C)CO)C(=O)c2cccc(NC(=O)Nc3ccccc3)c2O[C@H]1CN(C)S(=O)(=O)c1ccccc1. The van der Waals surface area contributed by atoms with Crippen molar-refractivity contribution in [3.63, 3.8) is 0 Å². The highest BCUT2D eigenvalue weighted by Crippen LogP contribution is 2.35. The number of benzene rings is 3. The van der Waals surface area contributed by atoms with Crippen molar-refractivity contribution in [1.29, 1.82) is 0 Å². The quantitative estimate of drug-likeness (QED) is 0.380. The topological polar surface area (TPSA) is 128 Å².